The summed E-state index contributed by atoms with van der Waals surface area (Å²) in [6.45, 7) is 2.90. The first-order valence-corrected chi connectivity index (χ1v) is 5.40. The second-order valence-corrected chi connectivity index (χ2v) is 4.17. The number of hydrogen-bond acceptors (Lipinski definition) is 3. The van der Waals surface area contributed by atoms with Crippen LogP contribution in [0.15, 0.2) is 12.1 Å². The monoisotopic (exact) mass is 201 g/mol. The van der Waals surface area contributed by atoms with Gasteiger partial charge in [0.1, 0.15) is 5.82 Å². The Bertz CT molecular complexity index is 388. The van der Waals surface area contributed by atoms with Crippen molar-refractivity contribution in [3.63, 3.8) is 0 Å². The fourth-order valence-electron chi connectivity index (χ4n) is 1.77. The van der Waals surface area contributed by atoms with E-state index in [-0.39, 0.29) is 0 Å². The Morgan fingerprint density at radius 3 is 2.93 bits per heavy atom. The van der Waals surface area contributed by atoms with E-state index in [0.29, 0.717) is 5.56 Å². The van der Waals surface area contributed by atoms with Crippen LogP contribution in [0.3, 0.4) is 0 Å². The first kappa shape index (κ1) is 9.97. The number of aromatic nitrogens is 1. The van der Waals surface area contributed by atoms with Crippen molar-refractivity contribution in [2.24, 2.45) is 5.92 Å². The van der Waals surface area contributed by atoms with Gasteiger partial charge in [-0.2, -0.15) is 5.26 Å². The SMILES string of the molecule is Cc1cc(C#N)cc(NCC2CCC2)n1. The fraction of sp³-hybridized carbons (Fsp3) is 0.500. The van der Waals surface area contributed by atoms with Gasteiger partial charge in [-0.15, -0.1) is 0 Å². The Balaban J connectivity index is 2.00. The molecule has 0 aliphatic heterocycles. The molecule has 0 bridgehead atoms. The standard InChI is InChI=1S/C12H15N3/c1-9-5-11(7-13)6-12(15-9)14-8-10-3-2-4-10/h5-6,10H,2-4,8H2,1H3,(H,14,15). The second kappa shape index (κ2) is 4.31. The van der Waals surface area contributed by atoms with Crippen LogP contribution < -0.4 is 5.32 Å². The molecular weight excluding hydrogens is 186 g/mol. The van der Waals surface area contributed by atoms with Crippen molar-refractivity contribution in [2.45, 2.75) is 26.2 Å². The molecule has 78 valence electrons. The Kier molecular flexibility index (Phi) is 2.86. The number of rotatable bonds is 3. The van der Waals surface area contributed by atoms with Crippen LogP contribution >= 0.6 is 0 Å². The molecule has 1 aromatic rings. The van der Waals surface area contributed by atoms with Crippen molar-refractivity contribution < 1.29 is 0 Å². The van der Waals surface area contributed by atoms with Gasteiger partial charge < -0.3 is 5.32 Å². The first-order chi connectivity index (χ1) is 7.28. The van der Waals surface area contributed by atoms with E-state index < -0.39 is 0 Å². The molecule has 1 saturated carbocycles. The molecule has 2 rings (SSSR count). The van der Waals surface area contributed by atoms with Gasteiger partial charge in [-0.25, -0.2) is 4.98 Å². The molecule has 0 saturated heterocycles. The van der Waals surface area contributed by atoms with Crippen molar-refractivity contribution >= 4 is 5.82 Å². The van der Waals surface area contributed by atoms with Crippen LogP contribution in [0.2, 0.25) is 0 Å². The van der Waals surface area contributed by atoms with Crippen molar-refractivity contribution in [2.75, 3.05) is 11.9 Å². The topological polar surface area (TPSA) is 48.7 Å². The lowest BCUT2D eigenvalue weighted by Crippen LogP contribution is -2.21. The molecule has 0 amide bonds. The van der Waals surface area contributed by atoms with Gasteiger partial charge >= 0.3 is 0 Å². The maximum Gasteiger partial charge on any atom is 0.127 e. The van der Waals surface area contributed by atoms with E-state index in [1.54, 1.807) is 6.07 Å². The van der Waals surface area contributed by atoms with E-state index >= 15 is 0 Å². The molecule has 3 nitrogen and oxygen atoms in total. The largest absolute Gasteiger partial charge is 0.370 e. The number of nitrogens with zero attached hydrogens (tertiary/aromatic N) is 2. The molecule has 1 aliphatic carbocycles. The molecule has 0 spiro atoms. The molecular formula is C12H15N3. The molecule has 0 radical (unpaired) electrons. The van der Waals surface area contributed by atoms with Crippen LogP contribution in [0.25, 0.3) is 0 Å². The van der Waals surface area contributed by atoms with Crippen LogP contribution in [0.1, 0.15) is 30.5 Å². The highest BCUT2D eigenvalue weighted by molar-refractivity contribution is 5.44. The van der Waals surface area contributed by atoms with Gasteiger partial charge in [0.2, 0.25) is 0 Å². The van der Waals surface area contributed by atoms with Gasteiger partial charge in [-0.3, -0.25) is 0 Å². The van der Waals surface area contributed by atoms with Gasteiger partial charge in [0.05, 0.1) is 11.6 Å². The van der Waals surface area contributed by atoms with E-state index in [9.17, 15) is 0 Å². The lowest BCUT2D eigenvalue weighted by Gasteiger charge is -2.25. The van der Waals surface area contributed by atoms with Crippen LogP contribution in [-0.4, -0.2) is 11.5 Å². The minimum atomic E-state index is 0.679. The van der Waals surface area contributed by atoms with Gasteiger partial charge in [0.25, 0.3) is 0 Å². The number of nitriles is 1. The second-order valence-electron chi connectivity index (χ2n) is 4.17. The third kappa shape index (κ3) is 2.47. The Labute approximate surface area is 90.1 Å². The average Bonchev–Trinajstić information content (AvgIpc) is 2.14. The summed E-state index contributed by atoms with van der Waals surface area (Å²) >= 11 is 0. The minimum absolute atomic E-state index is 0.679. The first-order valence-electron chi connectivity index (χ1n) is 5.40. The van der Waals surface area contributed by atoms with Crippen LogP contribution in [0.4, 0.5) is 5.82 Å². The Morgan fingerprint density at radius 2 is 2.33 bits per heavy atom. The Hall–Kier alpha value is -1.56. The number of pyridine rings is 1. The highest BCUT2D eigenvalue weighted by atomic mass is 15.0. The summed E-state index contributed by atoms with van der Waals surface area (Å²) in [6.07, 6.45) is 4.00. The van der Waals surface area contributed by atoms with Crippen molar-refractivity contribution in [1.82, 2.24) is 4.98 Å². The van der Waals surface area contributed by atoms with E-state index in [4.69, 9.17) is 5.26 Å². The van der Waals surface area contributed by atoms with Gasteiger partial charge in [0, 0.05) is 12.2 Å². The normalized spacial score (nSPS) is 15.5. The van der Waals surface area contributed by atoms with Crippen LogP contribution in [0, 0.1) is 24.2 Å². The predicted octanol–water partition coefficient (Wildman–Crippen LogP) is 2.47. The zero-order valence-electron chi connectivity index (χ0n) is 8.95. The molecule has 1 heterocycles. The van der Waals surface area contributed by atoms with Crippen LogP contribution in [-0.2, 0) is 0 Å². The molecule has 0 unspecified atom stereocenters. The molecule has 1 aliphatic rings. The molecule has 15 heavy (non-hydrogen) atoms. The maximum atomic E-state index is 8.82. The molecule has 0 aromatic carbocycles. The fourth-order valence-corrected chi connectivity index (χ4v) is 1.77. The third-order valence-corrected chi connectivity index (χ3v) is 2.88. The van der Waals surface area contributed by atoms with E-state index in [0.717, 1.165) is 24.0 Å². The summed E-state index contributed by atoms with van der Waals surface area (Å²) in [7, 11) is 0. The highest BCUT2D eigenvalue weighted by Crippen LogP contribution is 2.26. The molecule has 3 heteroatoms. The van der Waals surface area contributed by atoms with Crippen molar-refractivity contribution in [3.8, 4) is 6.07 Å². The van der Waals surface area contributed by atoms with Crippen molar-refractivity contribution in [3.05, 3.63) is 23.4 Å². The lowest BCUT2D eigenvalue weighted by molar-refractivity contribution is 0.333. The van der Waals surface area contributed by atoms with E-state index in [1.807, 2.05) is 13.0 Å². The third-order valence-electron chi connectivity index (χ3n) is 2.88. The zero-order chi connectivity index (χ0) is 10.7. The number of hydrogen-bond donors (Lipinski definition) is 1. The lowest BCUT2D eigenvalue weighted by atomic mass is 9.85. The van der Waals surface area contributed by atoms with Crippen molar-refractivity contribution in [1.29, 1.82) is 5.26 Å². The van der Waals surface area contributed by atoms with Gasteiger partial charge in [-0.1, -0.05) is 6.42 Å². The number of anilines is 1. The molecule has 0 atom stereocenters. The summed E-state index contributed by atoms with van der Waals surface area (Å²) in [5.41, 5.74) is 1.57. The quantitative estimate of drug-likeness (QED) is 0.817. The number of aryl methyl sites for hydroxylation is 1. The minimum Gasteiger partial charge on any atom is -0.370 e. The smallest absolute Gasteiger partial charge is 0.127 e. The highest BCUT2D eigenvalue weighted by Gasteiger charge is 2.16. The molecule has 1 fully saturated rings. The number of nitrogens with one attached hydrogen (secondary N) is 1. The maximum absolute atomic E-state index is 8.82. The summed E-state index contributed by atoms with van der Waals surface area (Å²) < 4.78 is 0. The summed E-state index contributed by atoms with van der Waals surface area (Å²) in [4.78, 5) is 4.35. The summed E-state index contributed by atoms with van der Waals surface area (Å²) in [5, 5.41) is 12.1. The average molecular weight is 201 g/mol. The summed E-state index contributed by atoms with van der Waals surface area (Å²) in [5.74, 6) is 1.64. The predicted molar refractivity (Wildman–Crippen MR) is 59.5 cm³/mol. The summed E-state index contributed by atoms with van der Waals surface area (Å²) in [6, 6.07) is 5.76. The van der Waals surface area contributed by atoms with E-state index in [2.05, 4.69) is 16.4 Å². The van der Waals surface area contributed by atoms with Gasteiger partial charge in [0.15, 0.2) is 0 Å². The Morgan fingerprint density at radius 1 is 1.53 bits per heavy atom. The molecule has 1 N–H and O–H groups in total. The van der Waals surface area contributed by atoms with E-state index in [1.165, 1.54) is 19.3 Å². The van der Waals surface area contributed by atoms with Crippen LogP contribution in [0.5, 0.6) is 0 Å². The van der Waals surface area contributed by atoms with Gasteiger partial charge in [-0.05, 0) is 37.8 Å². The molecule has 1 aromatic heterocycles. The zero-order valence-corrected chi connectivity index (χ0v) is 8.95.